The average molecular weight is 294 g/mol. The molecule has 1 aromatic carbocycles. The fraction of sp³-hybridized carbons (Fsp3) is 0.0625. The molecule has 0 fully saturated rings. The molecule has 1 amide bonds. The first-order chi connectivity index (χ1) is 10.6. The van der Waals surface area contributed by atoms with E-state index in [1.165, 1.54) is 6.26 Å². The second-order valence-corrected chi connectivity index (χ2v) is 4.80. The Morgan fingerprint density at radius 1 is 1.18 bits per heavy atom. The van der Waals surface area contributed by atoms with E-state index in [1.807, 2.05) is 31.2 Å². The number of aromatic nitrogens is 2. The number of carbonyl (C=O) groups is 1. The van der Waals surface area contributed by atoms with Crippen LogP contribution in [0, 0.1) is 6.92 Å². The number of rotatable bonds is 3. The van der Waals surface area contributed by atoms with Gasteiger partial charge >= 0.3 is 0 Å². The van der Waals surface area contributed by atoms with Crippen LogP contribution in [0.1, 0.15) is 16.1 Å². The number of anilines is 2. The number of carbonyl (C=O) groups excluding carboxylic acids is 1. The number of amides is 1. The van der Waals surface area contributed by atoms with E-state index in [4.69, 9.17) is 10.2 Å². The Kier molecular flexibility index (Phi) is 3.57. The summed E-state index contributed by atoms with van der Waals surface area (Å²) in [5.41, 5.74) is 8.07. The molecule has 3 aromatic rings. The van der Waals surface area contributed by atoms with Crippen molar-refractivity contribution in [2.45, 2.75) is 6.92 Å². The largest absolute Gasteiger partial charge is 0.463 e. The van der Waals surface area contributed by atoms with Crippen molar-refractivity contribution in [2.24, 2.45) is 0 Å². The Morgan fingerprint density at radius 3 is 2.77 bits per heavy atom. The van der Waals surface area contributed by atoms with Gasteiger partial charge in [-0.1, -0.05) is 12.1 Å². The maximum Gasteiger partial charge on any atom is 0.274 e. The lowest BCUT2D eigenvalue weighted by molar-refractivity contribution is 0.102. The SMILES string of the molecule is Cc1cccc(NC(=O)c2cc(-c3ccco3)nc(N)n2)c1. The number of hydrogen-bond donors (Lipinski definition) is 2. The van der Waals surface area contributed by atoms with Crippen molar-refractivity contribution < 1.29 is 9.21 Å². The lowest BCUT2D eigenvalue weighted by atomic mass is 10.2. The summed E-state index contributed by atoms with van der Waals surface area (Å²) in [6.07, 6.45) is 1.53. The van der Waals surface area contributed by atoms with E-state index in [9.17, 15) is 4.79 Å². The van der Waals surface area contributed by atoms with Gasteiger partial charge in [-0.15, -0.1) is 0 Å². The third-order valence-corrected chi connectivity index (χ3v) is 3.03. The molecule has 0 aliphatic carbocycles. The zero-order valence-electron chi connectivity index (χ0n) is 11.9. The summed E-state index contributed by atoms with van der Waals surface area (Å²) < 4.78 is 5.27. The van der Waals surface area contributed by atoms with Gasteiger partial charge in [-0.25, -0.2) is 9.97 Å². The van der Waals surface area contributed by atoms with Crippen molar-refractivity contribution in [1.29, 1.82) is 0 Å². The monoisotopic (exact) mass is 294 g/mol. The highest BCUT2D eigenvalue weighted by Crippen LogP contribution is 2.19. The van der Waals surface area contributed by atoms with Crippen molar-refractivity contribution in [3.63, 3.8) is 0 Å². The first-order valence-corrected chi connectivity index (χ1v) is 6.68. The Balaban J connectivity index is 1.89. The van der Waals surface area contributed by atoms with E-state index in [0.717, 1.165) is 5.56 Å². The molecule has 3 rings (SSSR count). The Hall–Kier alpha value is -3.15. The van der Waals surface area contributed by atoms with Gasteiger partial charge in [0.25, 0.3) is 5.91 Å². The lowest BCUT2D eigenvalue weighted by Crippen LogP contribution is -2.15. The smallest absolute Gasteiger partial charge is 0.274 e. The first kappa shape index (κ1) is 13.8. The maximum atomic E-state index is 12.3. The van der Waals surface area contributed by atoms with Crippen LogP contribution < -0.4 is 11.1 Å². The van der Waals surface area contributed by atoms with E-state index >= 15 is 0 Å². The molecule has 0 radical (unpaired) electrons. The van der Waals surface area contributed by atoms with Crippen LogP contribution in [0.5, 0.6) is 0 Å². The van der Waals surface area contributed by atoms with Gasteiger partial charge in [-0.3, -0.25) is 4.79 Å². The molecule has 0 unspecified atom stereocenters. The number of hydrogen-bond acceptors (Lipinski definition) is 5. The predicted molar refractivity (Wildman–Crippen MR) is 83.3 cm³/mol. The Morgan fingerprint density at radius 2 is 2.05 bits per heavy atom. The van der Waals surface area contributed by atoms with Crippen LogP contribution in [-0.2, 0) is 0 Å². The number of benzene rings is 1. The summed E-state index contributed by atoms with van der Waals surface area (Å²) in [6.45, 7) is 1.95. The van der Waals surface area contributed by atoms with Crippen LogP contribution in [0.4, 0.5) is 11.6 Å². The zero-order chi connectivity index (χ0) is 15.5. The average Bonchev–Trinajstić information content (AvgIpc) is 3.01. The Labute approximate surface area is 127 Å². The number of furan rings is 1. The standard InChI is InChI=1S/C16H14N4O2/c1-10-4-2-5-11(8-10)18-15(21)13-9-12(19-16(17)20-13)14-6-3-7-22-14/h2-9H,1H3,(H,18,21)(H2,17,19,20). The molecule has 0 saturated carbocycles. The molecule has 3 N–H and O–H groups in total. The minimum absolute atomic E-state index is 0.0169. The molecule has 2 aromatic heterocycles. The third-order valence-electron chi connectivity index (χ3n) is 3.03. The molecule has 0 aliphatic heterocycles. The van der Waals surface area contributed by atoms with E-state index < -0.39 is 0 Å². The van der Waals surface area contributed by atoms with Gasteiger partial charge in [0.2, 0.25) is 5.95 Å². The highest BCUT2D eigenvalue weighted by Gasteiger charge is 2.13. The van der Waals surface area contributed by atoms with E-state index in [2.05, 4.69) is 15.3 Å². The molecule has 0 aliphatic rings. The Bertz CT molecular complexity index is 813. The van der Waals surface area contributed by atoms with E-state index in [0.29, 0.717) is 17.1 Å². The second-order valence-electron chi connectivity index (χ2n) is 4.80. The van der Waals surface area contributed by atoms with Gasteiger partial charge in [-0.2, -0.15) is 0 Å². The van der Waals surface area contributed by atoms with Gasteiger partial charge < -0.3 is 15.5 Å². The minimum atomic E-state index is -0.354. The summed E-state index contributed by atoms with van der Waals surface area (Å²) in [4.78, 5) is 20.4. The number of aryl methyl sites for hydroxylation is 1. The van der Waals surface area contributed by atoms with Crippen molar-refractivity contribution in [2.75, 3.05) is 11.1 Å². The fourth-order valence-electron chi connectivity index (χ4n) is 2.05. The van der Waals surface area contributed by atoms with Crippen LogP contribution in [0.15, 0.2) is 53.1 Å². The van der Waals surface area contributed by atoms with Gasteiger partial charge in [0, 0.05) is 5.69 Å². The topological polar surface area (TPSA) is 94.0 Å². The van der Waals surface area contributed by atoms with Crippen molar-refractivity contribution in [3.05, 3.63) is 60.0 Å². The molecule has 22 heavy (non-hydrogen) atoms. The molecule has 6 heteroatoms. The van der Waals surface area contributed by atoms with Crippen LogP contribution in [-0.4, -0.2) is 15.9 Å². The van der Waals surface area contributed by atoms with Crippen molar-refractivity contribution >= 4 is 17.5 Å². The molecule has 110 valence electrons. The molecular weight excluding hydrogens is 280 g/mol. The number of nitrogens with zero attached hydrogens (tertiary/aromatic N) is 2. The number of nitrogen functional groups attached to an aromatic ring is 1. The summed E-state index contributed by atoms with van der Waals surface area (Å²) in [5, 5.41) is 2.78. The van der Waals surface area contributed by atoms with E-state index in [1.54, 1.807) is 18.2 Å². The summed E-state index contributed by atoms with van der Waals surface area (Å²) in [6, 6.07) is 12.5. The third kappa shape index (κ3) is 2.95. The highest BCUT2D eigenvalue weighted by atomic mass is 16.3. The molecule has 6 nitrogen and oxygen atoms in total. The molecule has 0 atom stereocenters. The van der Waals surface area contributed by atoms with Gasteiger partial charge in [-0.05, 0) is 42.8 Å². The van der Waals surface area contributed by atoms with Crippen molar-refractivity contribution in [3.8, 4) is 11.5 Å². The number of nitrogens with two attached hydrogens (primary N) is 1. The van der Waals surface area contributed by atoms with Crippen LogP contribution in [0.2, 0.25) is 0 Å². The summed E-state index contributed by atoms with van der Waals surface area (Å²) >= 11 is 0. The summed E-state index contributed by atoms with van der Waals surface area (Å²) in [7, 11) is 0. The molecule has 0 bridgehead atoms. The maximum absolute atomic E-state index is 12.3. The molecule has 0 saturated heterocycles. The number of nitrogens with one attached hydrogen (secondary N) is 1. The summed E-state index contributed by atoms with van der Waals surface area (Å²) in [5.74, 6) is 0.189. The fourth-order valence-corrected chi connectivity index (χ4v) is 2.05. The van der Waals surface area contributed by atoms with E-state index in [-0.39, 0.29) is 17.5 Å². The highest BCUT2D eigenvalue weighted by molar-refractivity contribution is 6.03. The normalized spacial score (nSPS) is 10.4. The quantitative estimate of drug-likeness (QED) is 0.774. The van der Waals surface area contributed by atoms with Crippen LogP contribution in [0.3, 0.4) is 0 Å². The van der Waals surface area contributed by atoms with Crippen LogP contribution >= 0.6 is 0 Å². The van der Waals surface area contributed by atoms with Gasteiger partial charge in [0.05, 0.1) is 6.26 Å². The van der Waals surface area contributed by atoms with Crippen LogP contribution in [0.25, 0.3) is 11.5 Å². The molecule has 0 spiro atoms. The lowest BCUT2D eigenvalue weighted by Gasteiger charge is -2.07. The zero-order valence-corrected chi connectivity index (χ0v) is 11.9. The van der Waals surface area contributed by atoms with Gasteiger partial charge in [0.1, 0.15) is 11.4 Å². The molecular formula is C16H14N4O2. The minimum Gasteiger partial charge on any atom is -0.463 e. The second kappa shape index (κ2) is 5.69. The van der Waals surface area contributed by atoms with Gasteiger partial charge in [0.15, 0.2) is 5.76 Å². The van der Waals surface area contributed by atoms with Crippen molar-refractivity contribution in [1.82, 2.24) is 9.97 Å². The first-order valence-electron chi connectivity index (χ1n) is 6.68. The molecule has 2 heterocycles. The predicted octanol–water partition coefficient (Wildman–Crippen LogP) is 2.88.